The Bertz CT molecular complexity index is 1630. The van der Waals surface area contributed by atoms with Crippen LogP contribution in [0.4, 0.5) is 14.4 Å². The Balaban J connectivity index is -0.000000296. The minimum Gasteiger partial charge on any atom is -0.465 e. The Kier molecular flexibility index (Phi) is 60.5. The summed E-state index contributed by atoms with van der Waals surface area (Å²) in [7, 11) is 5.67. The van der Waals surface area contributed by atoms with E-state index >= 15 is 0 Å². The third kappa shape index (κ3) is 47.4. The first-order valence-electron chi connectivity index (χ1n) is 26.0. The second kappa shape index (κ2) is 57.6. The molecule has 446 valence electrons. The molecule has 1 heterocycles. The van der Waals surface area contributed by atoms with Gasteiger partial charge in [-0.15, -0.1) is 24.8 Å². The van der Waals surface area contributed by atoms with Crippen molar-refractivity contribution >= 4 is 72.6 Å². The molecule has 0 saturated carbocycles. The van der Waals surface area contributed by atoms with Gasteiger partial charge in [0.05, 0.1) is 26.4 Å². The molecule has 0 saturated heterocycles. The van der Waals surface area contributed by atoms with Gasteiger partial charge in [-0.25, -0.2) is 33.8 Å². The number of amidine groups is 1. The molecule has 14 N–H and O–H groups in total. The number of unbranched alkanes of at least 4 members (excludes halogenated alkanes) is 4. The molecule has 0 radical (unpaired) electrons. The molecule has 76 heavy (non-hydrogen) atoms. The number of nitrogens with one attached hydrogen (secondary N) is 9. The molecule has 5 amide bonds. The van der Waals surface area contributed by atoms with Crippen LogP contribution in [0.1, 0.15) is 125 Å². The number of halogens is 2. The number of aromatic nitrogens is 2. The van der Waals surface area contributed by atoms with Crippen molar-refractivity contribution in [3.8, 4) is 0 Å². The maximum Gasteiger partial charge on any atom is 0.328 e. The predicted octanol–water partition coefficient (Wildman–Crippen LogP) is 2.63. The maximum atomic E-state index is 11.9. The maximum absolute atomic E-state index is 11.9. The zero-order valence-corrected chi connectivity index (χ0v) is 48.4. The molecule has 26 nitrogen and oxygen atoms in total. The Hall–Kier alpha value is -5.09. The van der Waals surface area contributed by atoms with Gasteiger partial charge < -0.3 is 72.9 Å². The van der Waals surface area contributed by atoms with Gasteiger partial charge in [0.2, 0.25) is 0 Å². The number of esters is 4. The number of nitrogens with two attached hydrogens (primary N) is 2. The van der Waals surface area contributed by atoms with Gasteiger partial charge in [0, 0.05) is 38.6 Å². The first-order valence-corrected chi connectivity index (χ1v) is 26.0. The van der Waals surface area contributed by atoms with E-state index < -0.39 is 42.1 Å². The number of carbonyl (C=O) groups is 7. The van der Waals surface area contributed by atoms with Crippen LogP contribution in [0.15, 0.2) is 23.7 Å². The van der Waals surface area contributed by atoms with Crippen LogP contribution in [0, 0.1) is 0 Å². The van der Waals surface area contributed by atoms with Crippen LogP contribution in [0.25, 0.3) is 0 Å². The number of ether oxygens (including phenoxy) is 4. The van der Waals surface area contributed by atoms with E-state index in [0.717, 1.165) is 71.0 Å². The summed E-state index contributed by atoms with van der Waals surface area (Å²) in [6.07, 6.45) is 14.6. The Morgan fingerprint density at radius 3 is 1.38 bits per heavy atom. The average molecular weight is 1130 g/mol. The lowest BCUT2D eigenvalue weighted by Crippen LogP contribution is -2.47. The van der Waals surface area contributed by atoms with Crippen molar-refractivity contribution in [3.05, 3.63) is 18.7 Å². The van der Waals surface area contributed by atoms with E-state index in [1.165, 1.54) is 23.3 Å². The number of amides is 5. The fourth-order valence-corrected chi connectivity index (χ4v) is 6.00. The van der Waals surface area contributed by atoms with Gasteiger partial charge in [0.25, 0.3) is 0 Å². The highest BCUT2D eigenvalue weighted by Crippen LogP contribution is 2.07. The van der Waals surface area contributed by atoms with Crippen LogP contribution < -0.4 is 59.5 Å². The summed E-state index contributed by atoms with van der Waals surface area (Å²) in [4.78, 5) is 89.3. The van der Waals surface area contributed by atoms with Gasteiger partial charge in [-0.2, -0.15) is 0 Å². The third-order valence-electron chi connectivity index (χ3n) is 9.86. The summed E-state index contributed by atoms with van der Waals surface area (Å²) in [5.41, 5.74) is 12.8. The average Bonchev–Trinajstić information content (AvgIpc) is 3.94. The number of hydrogen-bond donors (Lipinski definition) is 12. The molecular formula is C48H98Cl2N14O12. The van der Waals surface area contributed by atoms with E-state index in [1.807, 2.05) is 33.5 Å². The Morgan fingerprint density at radius 1 is 0.592 bits per heavy atom. The molecular weight excluding hydrogens is 1040 g/mol. The lowest BCUT2D eigenvalue weighted by atomic mass is 10.1. The summed E-state index contributed by atoms with van der Waals surface area (Å²) in [5, 5.41) is 30.9. The SMILES string of the molecule is CCCNC(=O)N[C@@H](CCCCNC)C(=O)OCC.CCOC(=O)[C@@H](N)CCCCNC.CCOC(=O)[C@H](CCCCN=C(C)NO)NC(=O)NCCN.CCOC(=O)[C@H](CCCCNC)NC(=O)n1ccnc1.Cl.Cl. The minimum absolute atomic E-state index is 0. The van der Waals surface area contributed by atoms with Crippen molar-refractivity contribution in [1.29, 1.82) is 0 Å². The first kappa shape index (κ1) is 79.8. The molecule has 0 unspecified atom stereocenters. The molecule has 0 spiro atoms. The van der Waals surface area contributed by atoms with Crippen molar-refractivity contribution in [2.45, 2.75) is 149 Å². The van der Waals surface area contributed by atoms with Crippen LogP contribution in [0.2, 0.25) is 0 Å². The van der Waals surface area contributed by atoms with Gasteiger partial charge in [0.1, 0.15) is 36.3 Å². The highest BCUT2D eigenvalue weighted by Gasteiger charge is 2.24. The molecule has 1 aromatic heterocycles. The quantitative estimate of drug-likeness (QED) is 0.0116. The Labute approximate surface area is 464 Å². The number of hydroxylamine groups is 1. The molecule has 0 bridgehead atoms. The molecule has 28 heteroatoms. The van der Waals surface area contributed by atoms with Crippen molar-refractivity contribution in [2.24, 2.45) is 16.5 Å². The van der Waals surface area contributed by atoms with Gasteiger partial charge in [-0.1, -0.05) is 13.3 Å². The van der Waals surface area contributed by atoms with Gasteiger partial charge in [-0.3, -0.25) is 25.0 Å². The lowest BCUT2D eigenvalue weighted by Gasteiger charge is -2.17. The predicted molar refractivity (Wildman–Crippen MR) is 299 cm³/mol. The summed E-state index contributed by atoms with van der Waals surface area (Å²) >= 11 is 0. The fourth-order valence-electron chi connectivity index (χ4n) is 6.00. The summed E-state index contributed by atoms with van der Waals surface area (Å²) < 4.78 is 21.0. The van der Waals surface area contributed by atoms with E-state index in [4.69, 9.17) is 35.6 Å². The van der Waals surface area contributed by atoms with Crippen LogP contribution in [-0.4, -0.2) is 180 Å². The molecule has 1 aromatic rings. The second-order valence-electron chi connectivity index (χ2n) is 16.2. The van der Waals surface area contributed by atoms with Crippen molar-refractivity contribution in [1.82, 2.24) is 57.6 Å². The fraction of sp³-hybridized carbons (Fsp3) is 0.771. The molecule has 0 aliphatic rings. The van der Waals surface area contributed by atoms with Crippen LogP contribution >= 0.6 is 24.8 Å². The van der Waals surface area contributed by atoms with E-state index in [1.54, 1.807) is 34.6 Å². The van der Waals surface area contributed by atoms with E-state index in [-0.39, 0.29) is 55.4 Å². The van der Waals surface area contributed by atoms with Crippen molar-refractivity contribution in [3.63, 3.8) is 0 Å². The highest BCUT2D eigenvalue weighted by atomic mass is 35.5. The second-order valence-corrected chi connectivity index (χ2v) is 16.2. The van der Waals surface area contributed by atoms with Crippen LogP contribution in [0.3, 0.4) is 0 Å². The Morgan fingerprint density at radius 2 is 1.00 bits per heavy atom. The molecule has 0 aliphatic carbocycles. The molecule has 4 atom stereocenters. The zero-order valence-electron chi connectivity index (χ0n) is 46.8. The van der Waals surface area contributed by atoms with Crippen molar-refractivity contribution in [2.75, 3.05) is 93.4 Å². The number of aliphatic imine (C=N–C) groups is 1. The van der Waals surface area contributed by atoms with Crippen LogP contribution in [0.5, 0.6) is 0 Å². The highest BCUT2D eigenvalue weighted by molar-refractivity contribution is 5.86. The third-order valence-corrected chi connectivity index (χ3v) is 9.86. The number of urea groups is 2. The van der Waals surface area contributed by atoms with Gasteiger partial charge >= 0.3 is 42.0 Å². The lowest BCUT2D eigenvalue weighted by molar-refractivity contribution is -0.146. The largest absolute Gasteiger partial charge is 0.465 e. The van der Waals surface area contributed by atoms with Crippen molar-refractivity contribution < 1.29 is 57.7 Å². The van der Waals surface area contributed by atoms with E-state index in [2.05, 4.69) is 52.5 Å². The number of imidazole rings is 1. The smallest absolute Gasteiger partial charge is 0.328 e. The molecule has 0 aliphatic heterocycles. The van der Waals surface area contributed by atoms with E-state index in [0.29, 0.717) is 83.9 Å². The van der Waals surface area contributed by atoms with Gasteiger partial charge in [0.15, 0.2) is 0 Å². The topological polar surface area (TPSA) is 367 Å². The number of rotatable bonds is 35. The van der Waals surface area contributed by atoms with Crippen LogP contribution in [-0.2, 0) is 38.1 Å². The standard InChI is InChI=1S/C13H27N5O4.C13H22N4O3.C13H27N3O3.C9H20N2O2.2ClH/c1-3-22-12(19)11(17-13(20)16-9-7-14)6-4-5-8-15-10(2)18-21;1-3-20-12(18)11(6-4-5-7-14-2)16-13(19)17-9-8-15-10-17;1-4-9-15-13(18)16-11(12(17)19-5-2)8-6-7-10-14-3;1-3-13-9(12)8(10)6-4-5-7-11-2;;/h11,21H,3-9,14H2,1-2H3,(H,15,18)(H2,16,17,20);8-11,14H,3-7H2,1-2H3,(H,16,19);11,14H,4-10H2,1-3H3,(H2,15,16,18);8,11H,3-7,10H2,1-2H3;2*1H/t3*11-;8-;;/m0000../s1. The normalized spacial score (nSPS) is 11.8. The summed E-state index contributed by atoms with van der Waals surface area (Å²) in [6.45, 7) is 16.4. The minimum atomic E-state index is -0.696. The number of carbonyl (C=O) groups excluding carboxylic acids is 7. The zero-order chi connectivity index (χ0) is 56.2. The summed E-state index contributed by atoms with van der Waals surface area (Å²) in [5.74, 6) is -1.07. The summed E-state index contributed by atoms with van der Waals surface area (Å²) in [6, 6.07) is -3.46. The molecule has 0 aromatic carbocycles. The van der Waals surface area contributed by atoms with E-state index in [9.17, 15) is 33.6 Å². The number of hydrogen-bond acceptors (Lipinski definition) is 19. The molecule has 0 fully saturated rings. The first-order chi connectivity index (χ1) is 35.6. The van der Waals surface area contributed by atoms with Gasteiger partial charge in [-0.05, 0) is 152 Å². The monoisotopic (exact) mass is 1130 g/mol. The number of nitrogens with zero attached hydrogens (tertiary/aromatic N) is 3. The molecule has 1 rings (SSSR count).